The average Bonchev–Trinajstić information content (AvgIpc) is 2.94. The molecule has 2 nitrogen and oxygen atoms in total. The van der Waals surface area contributed by atoms with Crippen molar-refractivity contribution in [2.45, 2.75) is 122 Å². The number of rotatable bonds is 10. The molecule has 2 aliphatic carbocycles. The van der Waals surface area contributed by atoms with Crippen molar-refractivity contribution in [3.63, 3.8) is 0 Å². The van der Waals surface area contributed by atoms with E-state index in [9.17, 15) is 18.0 Å². The third-order valence-electron chi connectivity index (χ3n) is 8.95. The Bertz CT molecular complexity index is 1120. The van der Waals surface area contributed by atoms with E-state index >= 15 is 4.39 Å². The zero-order valence-corrected chi connectivity index (χ0v) is 23.3. The summed E-state index contributed by atoms with van der Waals surface area (Å²) in [6.07, 6.45) is 10.9. The summed E-state index contributed by atoms with van der Waals surface area (Å²) in [4.78, 5) is 12.7. The predicted octanol–water partition coefficient (Wildman–Crippen LogP) is 9.93. The lowest BCUT2D eigenvalue weighted by Crippen LogP contribution is -2.25. The molecule has 2 saturated carbocycles. The van der Waals surface area contributed by atoms with E-state index in [1.54, 1.807) is 18.2 Å². The zero-order valence-electron chi connectivity index (χ0n) is 23.3. The molecule has 4 rings (SSSR count). The van der Waals surface area contributed by atoms with Gasteiger partial charge in [-0.15, -0.1) is 0 Å². The minimum absolute atomic E-state index is 0.0245. The first-order valence-corrected chi connectivity index (χ1v) is 15.0. The van der Waals surface area contributed by atoms with Crippen LogP contribution in [-0.2, 0) is 11.2 Å². The summed E-state index contributed by atoms with van der Waals surface area (Å²) < 4.78 is 65.0. The smallest absolute Gasteiger partial charge is 0.341 e. The molecule has 0 bridgehead atoms. The van der Waals surface area contributed by atoms with Gasteiger partial charge in [0.2, 0.25) is 0 Å². The van der Waals surface area contributed by atoms with Crippen molar-refractivity contribution < 1.29 is 27.1 Å². The van der Waals surface area contributed by atoms with Gasteiger partial charge in [0.15, 0.2) is 23.3 Å². The summed E-state index contributed by atoms with van der Waals surface area (Å²) in [5.41, 5.74) is 0.746. The molecule has 0 spiro atoms. The number of benzene rings is 2. The molecule has 2 aromatic carbocycles. The maximum atomic E-state index is 15.0. The van der Waals surface area contributed by atoms with Crippen LogP contribution in [0, 0.1) is 29.2 Å². The highest BCUT2D eigenvalue weighted by Crippen LogP contribution is 2.40. The molecule has 0 unspecified atom stereocenters. The van der Waals surface area contributed by atoms with Crippen LogP contribution in [0.4, 0.5) is 17.6 Å². The molecule has 39 heavy (non-hydrogen) atoms. The molecule has 0 atom stereocenters. The highest BCUT2D eigenvalue weighted by molar-refractivity contribution is 5.90. The standard InChI is InChI=1S/C33H42F4O2/c1-3-5-6-8-24-15-18-26(30(35)29(24)34)23-13-16-25(17-14-23)39-33(38)28-20-19-27(31(36)32(28)37)22-11-9-21(7-4-2)10-12-22/h15,18-23,25H,3-14,16-17H2,1-2H3. The van der Waals surface area contributed by atoms with Gasteiger partial charge in [-0.25, -0.2) is 22.4 Å². The molecule has 0 amide bonds. The number of hydrogen-bond acceptors (Lipinski definition) is 2. The lowest BCUT2D eigenvalue weighted by Gasteiger charge is -2.30. The van der Waals surface area contributed by atoms with Crippen molar-refractivity contribution in [2.24, 2.45) is 5.92 Å². The van der Waals surface area contributed by atoms with Gasteiger partial charge in [0.05, 0.1) is 5.56 Å². The van der Waals surface area contributed by atoms with E-state index < -0.39 is 35.3 Å². The second kappa shape index (κ2) is 13.8. The molecule has 214 valence electrons. The van der Waals surface area contributed by atoms with Crippen LogP contribution in [0.5, 0.6) is 0 Å². The molecule has 6 heteroatoms. The second-order valence-corrected chi connectivity index (χ2v) is 11.6. The first-order chi connectivity index (χ1) is 18.8. The van der Waals surface area contributed by atoms with E-state index in [0.29, 0.717) is 54.7 Å². The molecule has 0 saturated heterocycles. The van der Waals surface area contributed by atoms with E-state index in [4.69, 9.17) is 4.74 Å². The van der Waals surface area contributed by atoms with Crippen LogP contribution in [0.15, 0.2) is 24.3 Å². The normalized spacial score (nSPS) is 23.5. The summed E-state index contributed by atoms with van der Waals surface area (Å²) in [6, 6.07) is 6.26. The number of halogens is 4. The number of aryl methyl sites for hydroxylation is 1. The molecule has 0 aromatic heterocycles. The second-order valence-electron chi connectivity index (χ2n) is 11.6. The van der Waals surface area contributed by atoms with Crippen LogP contribution in [0.1, 0.15) is 136 Å². The van der Waals surface area contributed by atoms with Gasteiger partial charge in [-0.1, -0.05) is 57.7 Å². The van der Waals surface area contributed by atoms with Crippen LogP contribution in [0.25, 0.3) is 0 Å². The van der Waals surface area contributed by atoms with Crippen LogP contribution in [0.3, 0.4) is 0 Å². The molecule has 2 aromatic rings. The Hall–Kier alpha value is -2.37. The Kier molecular flexibility index (Phi) is 10.5. The van der Waals surface area contributed by atoms with E-state index in [1.807, 2.05) is 0 Å². The van der Waals surface area contributed by atoms with Crippen molar-refractivity contribution in [1.29, 1.82) is 0 Å². The Morgan fingerprint density at radius 3 is 1.92 bits per heavy atom. The molecule has 0 aliphatic heterocycles. The third kappa shape index (κ3) is 7.05. The number of carbonyl (C=O) groups excluding carboxylic acids is 1. The summed E-state index contributed by atoms with van der Waals surface area (Å²) >= 11 is 0. The highest BCUT2D eigenvalue weighted by atomic mass is 19.2. The fraction of sp³-hybridized carbons (Fsp3) is 0.606. The minimum atomic E-state index is -1.14. The maximum Gasteiger partial charge on any atom is 0.341 e. The van der Waals surface area contributed by atoms with Crippen molar-refractivity contribution in [2.75, 3.05) is 0 Å². The third-order valence-corrected chi connectivity index (χ3v) is 8.95. The van der Waals surface area contributed by atoms with Crippen LogP contribution >= 0.6 is 0 Å². The van der Waals surface area contributed by atoms with Gasteiger partial charge in [0, 0.05) is 0 Å². The fourth-order valence-corrected chi connectivity index (χ4v) is 6.59. The fourth-order valence-electron chi connectivity index (χ4n) is 6.59. The van der Waals surface area contributed by atoms with Crippen LogP contribution in [-0.4, -0.2) is 12.1 Å². The molecule has 0 radical (unpaired) electrons. The SMILES string of the molecule is CCCCCc1ccc(C2CCC(OC(=O)c3ccc(C4CCC(CCC)CC4)c(F)c3F)CC2)c(F)c1F. The lowest BCUT2D eigenvalue weighted by molar-refractivity contribution is 0.0188. The summed E-state index contributed by atoms with van der Waals surface area (Å²) in [7, 11) is 0. The monoisotopic (exact) mass is 546 g/mol. The van der Waals surface area contributed by atoms with Gasteiger partial charge >= 0.3 is 5.97 Å². The molecular formula is C33H42F4O2. The van der Waals surface area contributed by atoms with Gasteiger partial charge in [0.25, 0.3) is 0 Å². The van der Waals surface area contributed by atoms with Crippen molar-refractivity contribution in [3.05, 3.63) is 69.8 Å². The van der Waals surface area contributed by atoms with Gasteiger partial charge in [-0.05, 0) is 105 Å². The number of carbonyl (C=O) groups is 1. The molecule has 0 heterocycles. The Morgan fingerprint density at radius 1 is 0.718 bits per heavy atom. The molecule has 2 aliphatic rings. The zero-order chi connectivity index (χ0) is 27.9. The summed E-state index contributed by atoms with van der Waals surface area (Å²) in [5, 5.41) is 0. The minimum Gasteiger partial charge on any atom is -0.459 e. The molecular weight excluding hydrogens is 504 g/mol. The van der Waals surface area contributed by atoms with E-state index in [0.717, 1.165) is 51.4 Å². The molecule has 0 N–H and O–H groups in total. The number of esters is 1. The van der Waals surface area contributed by atoms with Gasteiger partial charge in [-0.2, -0.15) is 0 Å². The van der Waals surface area contributed by atoms with Gasteiger partial charge in [0.1, 0.15) is 6.10 Å². The largest absolute Gasteiger partial charge is 0.459 e. The van der Waals surface area contributed by atoms with Gasteiger partial charge in [-0.3, -0.25) is 0 Å². The Morgan fingerprint density at radius 2 is 1.31 bits per heavy atom. The predicted molar refractivity (Wildman–Crippen MR) is 146 cm³/mol. The summed E-state index contributed by atoms with van der Waals surface area (Å²) in [5.74, 6) is -4.02. The Balaban J connectivity index is 1.33. The molecule has 2 fully saturated rings. The summed E-state index contributed by atoms with van der Waals surface area (Å²) in [6.45, 7) is 4.23. The Labute approximate surface area is 230 Å². The van der Waals surface area contributed by atoms with E-state index in [-0.39, 0.29) is 17.4 Å². The first kappa shape index (κ1) is 29.6. The van der Waals surface area contributed by atoms with Crippen LogP contribution < -0.4 is 0 Å². The van der Waals surface area contributed by atoms with E-state index in [1.165, 1.54) is 12.5 Å². The topological polar surface area (TPSA) is 26.3 Å². The number of ether oxygens (including phenoxy) is 1. The average molecular weight is 547 g/mol. The van der Waals surface area contributed by atoms with Crippen LogP contribution in [0.2, 0.25) is 0 Å². The maximum absolute atomic E-state index is 15.0. The van der Waals surface area contributed by atoms with Crippen molar-refractivity contribution in [1.82, 2.24) is 0 Å². The number of unbranched alkanes of at least 4 members (excludes halogenated alkanes) is 2. The number of hydrogen-bond donors (Lipinski definition) is 0. The van der Waals surface area contributed by atoms with Gasteiger partial charge < -0.3 is 4.74 Å². The van der Waals surface area contributed by atoms with Crippen molar-refractivity contribution >= 4 is 5.97 Å². The van der Waals surface area contributed by atoms with E-state index in [2.05, 4.69) is 13.8 Å². The highest BCUT2D eigenvalue weighted by Gasteiger charge is 2.31. The first-order valence-electron chi connectivity index (χ1n) is 15.0. The quantitative estimate of drug-likeness (QED) is 0.168. The van der Waals surface area contributed by atoms with Crippen molar-refractivity contribution in [3.8, 4) is 0 Å². The lowest BCUT2D eigenvalue weighted by atomic mass is 9.77.